The molecule has 3 rings (SSSR count). The van der Waals surface area contributed by atoms with Gasteiger partial charge in [0.15, 0.2) is 0 Å². The number of fused-ring (bicyclic) bond motifs is 1. The summed E-state index contributed by atoms with van der Waals surface area (Å²) >= 11 is 0. The van der Waals surface area contributed by atoms with Crippen LogP contribution in [0.3, 0.4) is 0 Å². The second kappa shape index (κ2) is 11.0. The van der Waals surface area contributed by atoms with E-state index in [1.165, 1.54) is 18.3 Å². The molecule has 0 amide bonds. The van der Waals surface area contributed by atoms with E-state index in [4.69, 9.17) is 0 Å². The summed E-state index contributed by atoms with van der Waals surface area (Å²) in [5, 5.41) is 23.3. The van der Waals surface area contributed by atoms with Crippen LogP contribution in [0, 0.1) is 0 Å². The van der Waals surface area contributed by atoms with Crippen molar-refractivity contribution in [2.45, 2.75) is 4.90 Å². The van der Waals surface area contributed by atoms with Crippen LogP contribution >= 0.6 is 0 Å². The topological polar surface area (TPSA) is 167 Å². The van der Waals surface area contributed by atoms with Gasteiger partial charge in [0.2, 0.25) is 0 Å². The molecule has 0 atom stereocenters. The second-order valence-electron chi connectivity index (χ2n) is 4.92. The van der Waals surface area contributed by atoms with Crippen molar-refractivity contribution in [3.05, 3.63) is 66.1 Å². The average molecular weight is 419 g/mol. The van der Waals surface area contributed by atoms with Gasteiger partial charge in [-0.15, -0.1) is 0 Å². The first-order valence-electron chi connectivity index (χ1n) is 6.92. The standard InChI is InChI=1S/C16H11N3O5S.2Na.H2O/c20-15(11-6-7-12(16(21)22)18-9-11)19-25(23,24)13-5-1-3-10-4-2-8-17-14(10)13;;;/h1-9H,(H,19,20)(H,21,22);;;1H2/q;2*+1;/p-2. The zero-order valence-corrected chi connectivity index (χ0v) is 19.8. The fourth-order valence-electron chi connectivity index (χ4n) is 2.14. The van der Waals surface area contributed by atoms with Crippen LogP contribution < -0.4 is 69.3 Å². The van der Waals surface area contributed by atoms with Gasteiger partial charge < -0.3 is 20.5 Å². The fraction of sp³-hybridized carbons (Fsp3) is 0. The molecule has 9 nitrogen and oxygen atoms in total. The maximum Gasteiger partial charge on any atom is 1.00 e. The Bertz CT molecular complexity index is 1100. The van der Waals surface area contributed by atoms with E-state index < -0.39 is 21.9 Å². The molecule has 0 fully saturated rings. The Hall–Kier alpha value is -1.37. The molecule has 0 saturated heterocycles. The van der Waals surface area contributed by atoms with E-state index in [0.29, 0.717) is 5.39 Å². The summed E-state index contributed by atoms with van der Waals surface area (Å²) in [4.78, 5) is 18.0. The molecule has 2 aromatic heterocycles. The summed E-state index contributed by atoms with van der Waals surface area (Å²) in [5.41, 5.74) is -0.341. The number of sulfonamides is 1. The van der Waals surface area contributed by atoms with Crippen LogP contribution in [0.15, 0.2) is 64.2 Å². The molecule has 0 radical (unpaired) electrons. The van der Waals surface area contributed by atoms with Gasteiger partial charge >= 0.3 is 59.1 Å². The zero-order chi connectivity index (χ0) is 18.0. The summed E-state index contributed by atoms with van der Waals surface area (Å²) in [6.07, 6.45) is 2.36. The maximum absolute atomic E-state index is 12.5. The van der Waals surface area contributed by atoms with Crippen molar-refractivity contribution in [2.24, 2.45) is 4.40 Å². The molecule has 12 heteroatoms. The van der Waals surface area contributed by atoms with E-state index in [0.717, 1.165) is 18.3 Å². The number of hydrogen-bond acceptors (Lipinski definition) is 7. The fourth-order valence-corrected chi connectivity index (χ4v) is 3.22. The third kappa shape index (κ3) is 5.82. The number of para-hydroxylation sites is 1. The normalized spacial score (nSPS) is 10.9. The van der Waals surface area contributed by atoms with Crippen LogP contribution in [-0.4, -0.2) is 35.7 Å². The maximum atomic E-state index is 12.5. The molecule has 0 unspecified atom stereocenters. The minimum absolute atomic E-state index is 0. The Morgan fingerprint density at radius 2 is 1.64 bits per heavy atom. The Morgan fingerprint density at radius 1 is 0.964 bits per heavy atom. The van der Waals surface area contributed by atoms with Crippen molar-refractivity contribution in [1.29, 1.82) is 0 Å². The van der Waals surface area contributed by atoms with Crippen LogP contribution in [-0.2, 0) is 10.0 Å². The van der Waals surface area contributed by atoms with Crippen LogP contribution in [0.25, 0.3) is 10.9 Å². The molecule has 3 aromatic rings. The van der Waals surface area contributed by atoms with Gasteiger partial charge in [0.25, 0.3) is 10.0 Å². The number of carboxylic acids is 1. The van der Waals surface area contributed by atoms with E-state index in [1.54, 1.807) is 18.2 Å². The van der Waals surface area contributed by atoms with Crippen molar-refractivity contribution in [2.75, 3.05) is 0 Å². The molecule has 0 bridgehead atoms. The summed E-state index contributed by atoms with van der Waals surface area (Å²) in [7, 11) is -4.30. The molecule has 1 aromatic carbocycles. The first-order chi connectivity index (χ1) is 11.9. The number of nitrogens with zero attached hydrogens (tertiary/aromatic N) is 3. The second-order valence-corrected chi connectivity index (χ2v) is 6.49. The Labute approximate surface area is 204 Å². The van der Waals surface area contributed by atoms with E-state index in [-0.39, 0.29) is 86.3 Å². The SMILES string of the molecule is O.O=C([O-])c1ccc(C([O-])=NS(=O)(=O)c2cccc3cccnc23)cn1.[Na+].[Na+]. The van der Waals surface area contributed by atoms with Gasteiger partial charge in [-0.05, 0) is 18.2 Å². The molecule has 0 aliphatic rings. The summed E-state index contributed by atoms with van der Waals surface area (Å²) in [6.45, 7) is 0. The molecule has 2 N–H and O–H groups in total. The van der Waals surface area contributed by atoms with Crippen LogP contribution in [0.2, 0.25) is 0 Å². The van der Waals surface area contributed by atoms with Gasteiger partial charge in [-0.3, -0.25) is 9.97 Å². The van der Waals surface area contributed by atoms with E-state index >= 15 is 0 Å². The zero-order valence-electron chi connectivity index (χ0n) is 15.0. The molecule has 0 saturated carbocycles. The van der Waals surface area contributed by atoms with Crippen molar-refractivity contribution in [1.82, 2.24) is 9.97 Å². The van der Waals surface area contributed by atoms with Gasteiger partial charge in [-0.1, -0.05) is 24.3 Å². The smallest absolute Gasteiger partial charge is 0.858 e. The number of aromatic nitrogens is 2. The average Bonchev–Trinajstić information content (AvgIpc) is 2.61. The van der Waals surface area contributed by atoms with Crippen molar-refractivity contribution in [3.63, 3.8) is 0 Å². The van der Waals surface area contributed by atoms with Crippen molar-refractivity contribution in [3.8, 4) is 0 Å². The predicted molar refractivity (Wildman–Crippen MR) is 87.6 cm³/mol. The van der Waals surface area contributed by atoms with E-state index in [2.05, 4.69) is 14.4 Å². The third-order valence-electron chi connectivity index (χ3n) is 3.30. The molecule has 0 aliphatic carbocycles. The first-order valence-corrected chi connectivity index (χ1v) is 8.36. The van der Waals surface area contributed by atoms with E-state index in [1.807, 2.05) is 0 Å². The number of pyridine rings is 2. The molecule has 134 valence electrons. The van der Waals surface area contributed by atoms with Crippen LogP contribution in [0.1, 0.15) is 16.1 Å². The van der Waals surface area contributed by atoms with Gasteiger partial charge in [-0.2, -0.15) is 12.8 Å². The largest absolute Gasteiger partial charge is 1.00 e. The van der Waals surface area contributed by atoms with E-state index in [9.17, 15) is 23.4 Å². The Balaban J connectivity index is 0.00000243. The summed E-state index contributed by atoms with van der Waals surface area (Å²) in [5.74, 6) is -2.57. The minimum atomic E-state index is -4.30. The minimum Gasteiger partial charge on any atom is -0.858 e. The monoisotopic (exact) mass is 419 g/mol. The molecular weight excluding hydrogens is 408 g/mol. The van der Waals surface area contributed by atoms with Gasteiger partial charge in [0, 0.05) is 29.2 Å². The number of carbonyl (C=O) groups is 1. The molecular formula is C16H11N3Na2O6S. The van der Waals surface area contributed by atoms with Crippen LogP contribution in [0.5, 0.6) is 0 Å². The number of hydrogen-bond donors (Lipinski definition) is 0. The van der Waals surface area contributed by atoms with Crippen molar-refractivity contribution >= 4 is 32.8 Å². The Morgan fingerprint density at radius 3 is 2.25 bits per heavy atom. The van der Waals surface area contributed by atoms with Gasteiger partial charge in [0.05, 0.1) is 17.2 Å². The summed E-state index contributed by atoms with van der Waals surface area (Å²) in [6, 6.07) is 10.0. The van der Waals surface area contributed by atoms with Crippen molar-refractivity contribution < 1.29 is 88.0 Å². The molecule has 28 heavy (non-hydrogen) atoms. The van der Waals surface area contributed by atoms with Crippen LogP contribution in [0.4, 0.5) is 0 Å². The van der Waals surface area contributed by atoms with Gasteiger partial charge in [-0.25, -0.2) is 0 Å². The van der Waals surface area contributed by atoms with Gasteiger partial charge in [0.1, 0.15) is 4.90 Å². The molecule has 0 spiro atoms. The third-order valence-corrected chi connectivity index (χ3v) is 4.59. The number of carbonyl (C=O) groups excluding carboxylic acids is 1. The predicted octanol–water partition coefficient (Wildman–Crippen LogP) is -7.33. The Kier molecular flexibility index (Phi) is 10.4. The summed E-state index contributed by atoms with van der Waals surface area (Å²) < 4.78 is 28.2. The molecule has 0 aliphatic heterocycles. The molecule has 2 heterocycles. The number of aromatic carboxylic acids is 1. The first kappa shape index (κ1) is 26.6. The number of carboxylic acid groups (broad SMARTS) is 1. The quantitative estimate of drug-likeness (QED) is 0.230. The number of rotatable bonds is 4. The number of benzene rings is 1.